The molecule has 0 radical (unpaired) electrons. The van der Waals surface area contributed by atoms with E-state index in [0.717, 1.165) is 19.3 Å². The topological polar surface area (TPSA) is 81.2 Å². The molecule has 2 atom stereocenters. The van der Waals surface area contributed by atoms with E-state index in [-0.39, 0.29) is 12.0 Å². The summed E-state index contributed by atoms with van der Waals surface area (Å²) in [5.74, 6) is -0.180. The van der Waals surface area contributed by atoms with E-state index in [9.17, 15) is 15.2 Å². The smallest absolute Gasteiger partial charge is 0.390 e. The fourth-order valence-corrected chi connectivity index (χ4v) is 2.12. The van der Waals surface area contributed by atoms with Gasteiger partial charge >= 0.3 is 5.95 Å². The molecule has 1 aromatic rings. The molecule has 1 aliphatic carbocycles. The molecule has 1 fully saturated rings. The molecule has 0 aromatic carbocycles. The molecule has 6 nitrogen and oxygen atoms in total. The Morgan fingerprint density at radius 2 is 2.27 bits per heavy atom. The standard InChI is InChI=1S/C9H13N3O3/c13-8-4-2-1-3-7(8)11-6-5-10-9(11)12(14)15/h5-8,13H,1-4H2. The Hall–Kier alpha value is -1.43. The molecule has 0 saturated heterocycles. The molecule has 0 spiro atoms. The minimum Gasteiger partial charge on any atom is -0.390 e. The molecule has 1 saturated carbocycles. The van der Waals surface area contributed by atoms with Crippen molar-refractivity contribution >= 4 is 5.95 Å². The van der Waals surface area contributed by atoms with Gasteiger partial charge in [-0.3, -0.25) is 0 Å². The molecule has 1 aromatic heterocycles. The lowest BCUT2D eigenvalue weighted by molar-refractivity contribution is -0.397. The summed E-state index contributed by atoms with van der Waals surface area (Å²) < 4.78 is 1.48. The molecule has 0 aliphatic heterocycles. The van der Waals surface area contributed by atoms with Crippen molar-refractivity contribution in [3.8, 4) is 0 Å². The van der Waals surface area contributed by atoms with E-state index in [1.165, 1.54) is 10.8 Å². The largest absolute Gasteiger partial charge is 0.434 e. The third-order valence-corrected chi connectivity index (χ3v) is 2.86. The first kappa shape index (κ1) is 10.1. The molecule has 1 heterocycles. The summed E-state index contributed by atoms with van der Waals surface area (Å²) in [5.41, 5.74) is 0. The van der Waals surface area contributed by atoms with Gasteiger partial charge in [-0.15, -0.1) is 0 Å². The summed E-state index contributed by atoms with van der Waals surface area (Å²) >= 11 is 0. The summed E-state index contributed by atoms with van der Waals surface area (Å²) in [4.78, 5) is 13.8. The zero-order chi connectivity index (χ0) is 10.8. The van der Waals surface area contributed by atoms with Gasteiger partial charge in [0.1, 0.15) is 18.4 Å². The van der Waals surface area contributed by atoms with Crippen molar-refractivity contribution in [2.45, 2.75) is 37.8 Å². The van der Waals surface area contributed by atoms with Crippen LogP contribution in [0.5, 0.6) is 0 Å². The second-order valence-corrected chi connectivity index (χ2v) is 3.81. The highest BCUT2D eigenvalue weighted by atomic mass is 16.6. The second kappa shape index (κ2) is 3.98. The fourth-order valence-electron chi connectivity index (χ4n) is 2.12. The second-order valence-electron chi connectivity index (χ2n) is 3.81. The monoisotopic (exact) mass is 211 g/mol. The Labute approximate surface area is 86.7 Å². The molecule has 82 valence electrons. The van der Waals surface area contributed by atoms with Gasteiger partial charge in [0.25, 0.3) is 0 Å². The van der Waals surface area contributed by atoms with Crippen LogP contribution in [0, 0.1) is 10.1 Å². The average molecular weight is 211 g/mol. The minimum absolute atomic E-state index is 0.180. The van der Waals surface area contributed by atoms with E-state index in [2.05, 4.69) is 4.98 Å². The molecule has 2 unspecified atom stereocenters. The minimum atomic E-state index is -0.513. The summed E-state index contributed by atoms with van der Waals surface area (Å²) in [5, 5.41) is 20.4. The molecular weight excluding hydrogens is 198 g/mol. The first-order chi connectivity index (χ1) is 7.20. The van der Waals surface area contributed by atoms with Crippen LogP contribution < -0.4 is 0 Å². The quantitative estimate of drug-likeness (QED) is 0.590. The van der Waals surface area contributed by atoms with E-state index in [1.807, 2.05) is 0 Å². The van der Waals surface area contributed by atoms with E-state index < -0.39 is 11.0 Å². The Balaban J connectivity index is 2.27. The molecule has 6 heteroatoms. The number of aliphatic hydroxyl groups is 1. The number of hydrogen-bond donors (Lipinski definition) is 1. The van der Waals surface area contributed by atoms with Crippen LogP contribution in [0.15, 0.2) is 12.4 Å². The summed E-state index contributed by atoms with van der Waals surface area (Å²) in [7, 11) is 0. The maximum Gasteiger partial charge on any atom is 0.434 e. The van der Waals surface area contributed by atoms with Crippen molar-refractivity contribution in [1.29, 1.82) is 0 Å². The molecule has 1 N–H and O–H groups in total. The number of nitrogens with zero attached hydrogens (tertiary/aromatic N) is 3. The van der Waals surface area contributed by atoms with Crippen LogP contribution in [0.3, 0.4) is 0 Å². The van der Waals surface area contributed by atoms with Crippen LogP contribution in [-0.2, 0) is 0 Å². The van der Waals surface area contributed by atoms with Crippen LogP contribution in [0.4, 0.5) is 5.95 Å². The Kier molecular flexibility index (Phi) is 2.68. The fraction of sp³-hybridized carbons (Fsp3) is 0.667. The lowest BCUT2D eigenvalue weighted by Gasteiger charge is -2.26. The van der Waals surface area contributed by atoms with E-state index in [0.29, 0.717) is 6.42 Å². The van der Waals surface area contributed by atoms with Crippen LogP contribution in [-0.4, -0.2) is 25.7 Å². The number of aliphatic hydroxyl groups excluding tert-OH is 1. The van der Waals surface area contributed by atoms with Crippen molar-refractivity contribution in [3.63, 3.8) is 0 Å². The van der Waals surface area contributed by atoms with Crippen molar-refractivity contribution in [2.24, 2.45) is 0 Å². The molecular formula is C9H13N3O3. The SMILES string of the molecule is O=[N+]([O-])c1nccn1C1CCCCC1O. The van der Waals surface area contributed by atoms with E-state index in [4.69, 9.17) is 0 Å². The zero-order valence-corrected chi connectivity index (χ0v) is 8.24. The van der Waals surface area contributed by atoms with Crippen molar-refractivity contribution in [1.82, 2.24) is 9.55 Å². The summed E-state index contributed by atoms with van der Waals surface area (Å²) in [6.07, 6.45) is 5.94. The summed E-state index contributed by atoms with van der Waals surface area (Å²) in [6.45, 7) is 0. The predicted molar refractivity (Wildman–Crippen MR) is 52.4 cm³/mol. The highest BCUT2D eigenvalue weighted by Gasteiger charge is 2.31. The molecule has 1 aliphatic rings. The maximum atomic E-state index is 10.7. The average Bonchev–Trinajstić information content (AvgIpc) is 2.67. The van der Waals surface area contributed by atoms with Gasteiger partial charge in [0.15, 0.2) is 0 Å². The van der Waals surface area contributed by atoms with Gasteiger partial charge in [-0.2, -0.15) is 0 Å². The van der Waals surface area contributed by atoms with Crippen LogP contribution in [0.2, 0.25) is 0 Å². The van der Waals surface area contributed by atoms with Gasteiger partial charge in [-0.1, -0.05) is 11.4 Å². The highest BCUT2D eigenvalue weighted by molar-refractivity contribution is 5.09. The molecule has 0 amide bonds. The number of aromatic nitrogens is 2. The first-order valence-corrected chi connectivity index (χ1v) is 5.05. The Bertz CT molecular complexity index is 363. The first-order valence-electron chi connectivity index (χ1n) is 5.05. The van der Waals surface area contributed by atoms with Crippen molar-refractivity contribution < 1.29 is 10.0 Å². The summed E-state index contributed by atoms with van der Waals surface area (Å²) in [6, 6.07) is -0.193. The number of rotatable bonds is 2. The predicted octanol–water partition coefficient (Wildman–Crippen LogP) is 1.27. The number of nitro groups is 1. The lowest BCUT2D eigenvalue weighted by atomic mass is 9.92. The van der Waals surface area contributed by atoms with Crippen molar-refractivity contribution in [3.05, 3.63) is 22.5 Å². The number of imidazole rings is 1. The normalized spacial score (nSPS) is 26.5. The van der Waals surface area contributed by atoms with Gasteiger partial charge in [0.2, 0.25) is 0 Å². The van der Waals surface area contributed by atoms with Gasteiger partial charge in [-0.25, -0.2) is 4.57 Å². The van der Waals surface area contributed by atoms with Crippen LogP contribution >= 0.6 is 0 Å². The Morgan fingerprint density at radius 1 is 1.53 bits per heavy atom. The molecule has 15 heavy (non-hydrogen) atoms. The molecule has 2 rings (SSSR count). The van der Waals surface area contributed by atoms with Crippen molar-refractivity contribution in [2.75, 3.05) is 0 Å². The van der Waals surface area contributed by atoms with Crippen LogP contribution in [0.25, 0.3) is 0 Å². The maximum absolute atomic E-state index is 10.7. The van der Waals surface area contributed by atoms with E-state index >= 15 is 0 Å². The Morgan fingerprint density at radius 3 is 2.93 bits per heavy atom. The van der Waals surface area contributed by atoms with Gasteiger partial charge in [0, 0.05) is 0 Å². The number of hydrogen-bond acceptors (Lipinski definition) is 4. The highest BCUT2D eigenvalue weighted by Crippen LogP contribution is 2.31. The zero-order valence-electron chi connectivity index (χ0n) is 8.24. The van der Waals surface area contributed by atoms with Gasteiger partial charge in [-0.05, 0) is 24.2 Å². The van der Waals surface area contributed by atoms with Crippen LogP contribution in [0.1, 0.15) is 31.7 Å². The molecule has 0 bridgehead atoms. The third kappa shape index (κ3) is 1.85. The van der Waals surface area contributed by atoms with Gasteiger partial charge in [0.05, 0.1) is 6.10 Å². The van der Waals surface area contributed by atoms with Gasteiger partial charge < -0.3 is 15.2 Å². The third-order valence-electron chi connectivity index (χ3n) is 2.86. The van der Waals surface area contributed by atoms with E-state index in [1.54, 1.807) is 6.20 Å². The lowest BCUT2D eigenvalue weighted by Crippen LogP contribution is -2.27.